The average molecular weight is 308 g/mol. The van der Waals surface area contributed by atoms with Crippen molar-refractivity contribution in [3.05, 3.63) is 28.2 Å². The van der Waals surface area contributed by atoms with Gasteiger partial charge < -0.3 is 5.32 Å². The van der Waals surface area contributed by atoms with Crippen LogP contribution in [0.4, 0.5) is 0 Å². The van der Waals surface area contributed by atoms with Crippen molar-refractivity contribution >= 4 is 34.0 Å². The van der Waals surface area contributed by atoms with Crippen molar-refractivity contribution in [2.45, 2.75) is 43.4 Å². The smallest absolute Gasteiger partial charge is 0.0592 e. The van der Waals surface area contributed by atoms with Crippen LogP contribution in [0.15, 0.2) is 23.1 Å². The molecule has 0 saturated carbocycles. The zero-order chi connectivity index (χ0) is 13.7. The van der Waals surface area contributed by atoms with E-state index < -0.39 is 10.8 Å². The Morgan fingerprint density at radius 3 is 2.61 bits per heavy atom. The minimum Gasteiger partial charge on any atom is -0.313 e. The number of benzene rings is 1. The molecular formula is C13H19Cl2NOS. The standard InChI is InChI=1S/C13H19Cl2NOS/c1-4-7-16-9(2)10(3)18(17)13-8-11(14)5-6-12(13)15/h5-6,8-10,16H,4,7H2,1-3H3. The quantitative estimate of drug-likeness (QED) is 0.864. The second-order valence-electron chi connectivity index (χ2n) is 4.32. The van der Waals surface area contributed by atoms with Crippen molar-refractivity contribution < 1.29 is 4.21 Å². The number of nitrogens with one attached hydrogen (secondary N) is 1. The van der Waals surface area contributed by atoms with Crippen LogP contribution >= 0.6 is 23.2 Å². The van der Waals surface area contributed by atoms with Gasteiger partial charge in [-0.2, -0.15) is 0 Å². The van der Waals surface area contributed by atoms with E-state index in [2.05, 4.69) is 12.2 Å². The lowest BCUT2D eigenvalue weighted by atomic mass is 10.2. The molecule has 3 unspecified atom stereocenters. The molecule has 2 nitrogen and oxygen atoms in total. The van der Waals surface area contributed by atoms with E-state index in [0.717, 1.165) is 13.0 Å². The molecule has 0 aliphatic carbocycles. The first-order chi connectivity index (χ1) is 8.47. The lowest BCUT2D eigenvalue weighted by Gasteiger charge is -2.21. The van der Waals surface area contributed by atoms with Crippen molar-refractivity contribution in [3.8, 4) is 0 Å². The maximum atomic E-state index is 12.5. The molecule has 1 N–H and O–H groups in total. The van der Waals surface area contributed by atoms with Crippen LogP contribution in [0, 0.1) is 0 Å². The fourth-order valence-electron chi connectivity index (χ4n) is 1.56. The monoisotopic (exact) mass is 307 g/mol. The predicted octanol–water partition coefficient (Wildman–Crippen LogP) is 3.88. The lowest BCUT2D eigenvalue weighted by Crippen LogP contribution is -2.38. The maximum Gasteiger partial charge on any atom is 0.0592 e. The number of halogens is 2. The van der Waals surface area contributed by atoms with E-state index in [1.165, 1.54) is 0 Å². The van der Waals surface area contributed by atoms with Gasteiger partial charge in [-0.05, 0) is 45.0 Å². The predicted molar refractivity (Wildman–Crippen MR) is 80.1 cm³/mol. The summed E-state index contributed by atoms with van der Waals surface area (Å²) < 4.78 is 12.5. The number of rotatable bonds is 6. The first-order valence-corrected chi connectivity index (χ1v) is 8.03. The second-order valence-corrected chi connectivity index (χ2v) is 6.94. The van der Waals surface area contributed by atoms with Crippen molar-refractivity contribution in [2.75, 3.05) is 6.54 Å². The normalized spacial score (nSPS) is 16.3. The van der Waals surface area contributed by atoms with E-state index in [9.17, 15) is 4.21 Å². The van der Waals surface area contributed by atoms with Gasteiger partial charge in [0.05, 0.1) is 26.0 Å². The topological polar surface area (TPSA) is 29.1 Å². The van der Waals surface area contributed by atoms with Gasteiger partial charge in [0.15, 0.2) is 0 Å². The van der Waals surface area contributed by atoms with Crippen LogP contribution in [0.2, 0.25) is 10.0 Å². The summed E-state index contributed by atoms with van der Waals surface area (Å²) in [4.78, 5) is 0.613. The highest BCUT2D eigenvalue weighted by atomic mass is 35.5. The van der Waals surface area contributed by atoms with Crippen LogP contribution in [0.25, 0.3) is 0 Å². The minimum atomic E-state index is -1.16. The highest BCUT2D eigenvalue weighted by Gasteiger charge is 2.21. The molecule has 0 bridgehead atoms. The van der Waals surface area contributed by atoms with Gasteiger partial charge in [0, 0.05) is 11.1 Å². The van der Waals surface area contributed by atoms with Crippen molar-refractivity contribution in [3.63, 3.8) is 0 Å². The Balaban J connectivity index is 2.82. The third-order valence-electron chi connectivity index (χ3n) is 2.87. The SMILES string of the molecule is CCCNC(C)C(C)S(=O)c1cc(Cl)ccc1Cl. The molecule has 0 amide bonds. The van der Waals surface area contributed by atoms with Crippen LogP contribution in [0.5, 0.6) is 0 Å². The highest BCUT2D eigenvalue weighted by molar-refractivity contribution is 7.85. The highest BCUT2D eigenvalue weighted by Crippen LogP contribution is 2.26. The van der Waals surface area contributed by atoms with Gasteiger partial charge in [-0.3, -0.25) is 4.21 Å². The summed E-state index contributed by atoms with van der Waals surface area (Å²) in [5, 5.41) is 4.39. The van der Waals surface area contributed by atoms with Gasteiger partial charge in [0.2, 0.25) is 0 Å². The van der Waals surface area contributed by atoms with Crippen molar-refractivity contribution in [2.24, 2.45) is 0 Å². The van der Waals surface area contributed by atoms with E-state index >= 15 is 0 Å². The third-order valence-corrected chi connectivity index (χ3v) is 5.40. The molecule has 0 fully saturated rings. The van der Waals surface area contributed by atoms with Gasteiger partial charge in [0.25, 0.3) is 0 Å². The zero-order valence-corrected chi connectivity index (χ0v) is 13.2. The van der Waals surface area contributed by atoms with Crippen LogP contribution in [0.1, 0.15) is 27.2 Å². The maximum absolute atomic E-state index is 12.5. The van der Waals surface area contributed by atoms with E-state index in [4.69, 9.17) is 23.2 Å². The zero-order valence-electron chi connectivity index (χ0n) is 10.9. The molecule has 0 aliphatic rings. The van der Waals surface area contributed by atoms with Crippen LogP contribution in [-0.2, 0) is 10.8 Å². The summed E-state index contributed by atoms with van der Waals surface area (Å²) in [7, 11) is -1.16. The Labute approximate surface area is 122 Å². The molecule has 0 aromatic heterocycles. The largest absolute Gasteiger partial charge is 0.313 e. The molecule has 18 heavy (non-hydrogen) atoms. The Bertz CT molecular complexity index is 425. The van der Waals surface area contributed by atoms with E-state index in [1.54, 1.807) is 18.2 Å². The van der Waals surface area contributed by atoms with Gasteiger partial charge >= 0.3 is 0 Å². The molecule has 0 radical (unpaired) electrons. The molecule has 1 aromatic carbocycles. The third kappa shape index (κ3) is 4.23. The Hall–Kier alpha value is -0.0900. The Morgan fingerprint density at radius 2 is 2.00 bits per heavy atom. The molecule has 0 aliphatic heterocycles. The van der Waals surface area contributed by atoms with Crippen LogP contribution < -0.4 is 5.32 Å². The minimum absolute atomic E-state index is 0.0208. The fraction of sp³-hybridized carbons (Fsp3) is 0.538. The summed E-state index contributed by atoms with van der Waals surface area (Å²) in [5.74, 6) is 0. The van der Waals surface area contributed by atoms with Crippen molar-refractivity contribution in [1.29, 1.82) is 0 Å². The molecule has 5 heteroatoms. The number of hydrogen-bond acceptors (Lipinski definition) is 2. The van der Waals surface area contributed by atoms with E-state index in [1.807, 2.05) is 13.8 Å². The molecule has 0 heterocycles. The molecule has 102 valence electrons. The van der Waals surface area contributed by atoms with Gasteiger partial charge in [-0.1, -0.05) is 30.1 Å². The summed E-state index contributed by atoms with van der Waals surface area (Å²) in [5.41, 5.74) is 0. The number of hydrogen-bond donors (Lipinski definition) is 1. The Morgan fingerprint density at radius 1 is 1.33 bits per heavy atom. The lowest BCUT2D eigenvalue weighted by molar-refractivity contribution is 0.531. The van der Waals surface area contributed by atoms with Gasteiger partial charge in [-0.15, -0.1) is 0 Å². The molecule has 1 aromatic rings. The summed E-state index contributed by atoms with van der Waals surface area (Å²) in [6.45, 7) is 7.03. The molecule has 0 saturated heterocycles. The molecule has 0 spiro atoms. The first kappa shape index (κ1) is 16.0. The Kier molecular flexibility index (Phi) is 6.64. The van der Waals surface area contributed by atoms with Gasteiger partial charge in [-0.25, -0.2) is 0 Å². The van der Waals surface area contributed by atoms with E-state index in [0.29, 0.717) is 14.9 Å². The summed E-state index contributed by atoms with van der Waals surface area (Å²) in [6.07, 6.45) is 1.06. The average Bonchev–Trinajstić information content (AvgIpc) is 2.37. The van der Waals surface area contributed by atoms with Crippen molar-refractivity contribution in [1.82, 2.24) is 5.32 Å². The molecular weight excluding hydrogens is 289 g/mol. The van der Waals surface area contributed by atoms with Crippen LogP contribution in [0.3, 0.4) is 0 Å². The fourth-order valence-corrected chi connectivity index (χ4v) is 3.51. The van der Waals surface area contributed by atoms with E-state index in [-0.39, 0.29) is 11.3 Å². The molecule has 3 atom stereocenters. The summed E-state index contributed by atoms with van der Waals surface area (Å²) in [6, 6.07) is 5.24. The van der Waals surface area contributed by atoms with Crippen LogP contribution in [-0.4, -0.2) is 22.0 Å². The second kappa shape index (κ2) is 7.49. The molecule has 1 rings (SSSR count). The summed E-state index contributed by atoms with van der Waals surface area (Å²) >= 11 is 12.0. The first-order valence-electron chi connectivity index (χ1n) is 6.06. The van der Waals surface area contributed by atoms with Gasteiger partial charge in [0.1, 0.15) is 0 Å².